The fraction of sp³-hybridized carbons (Fsp3) is 0.273. The molecule has 2 aromatic carbocycles. The third kappa shape index (κ3) is 5.32. The topological polar surface area (TPSA) is 60.5 Å². The first-order chi connectivity index (χ1) is 14.6. The van der Waals surface area contributed by atoms with Gasteiger partial charge < -0.3 is 14.8 Å². The lowest BCUT2D eigenvalue weighted by Gasteiger charge is -2.09. The maximum atomic E-state index is 12.3. The normalized spacial score (nSPS) is 15.9. The van der Waals surface area contributed by atoms with Crippen LogP contribution in [0.15, 0.2) is 47.8 Å². The highest BCUT2D eigenvalue weighted by Gasteiger charge is 2.18. The summed E-state index contributed by atoms with van der Waals surface area (Å²) in [5.74, 6) is 0.561. The number of aromatic nitrogens is 1. The molecule has 2 heterocycles. The Morgan fingerprint density at radius 1 is 1.20 bits per heavy atom. The Morgan fingerprint density at radius 3 is 2.77 bits per heavy atom. The van der Waals surface area contributed by atoms with Gasteiger partial charge in [0.05, 0.1) is 16.1 Å². The van der Waals surface area contributed by atoms with Gasteiger partial charge in [-0.05, 0) is 54.8 Å². The Bertz CT molecular complexity index is 1020. The number of halogens is 2. The molecule has 0 spiro atoms. The molecule has 156 valence electrons. The summed E-state index contributed by atoms with van der Waals surface area (Å²) in [5, 5.41) is 6.48. The summed E-state index contributed by atoms with van der Waals surface area (Å²) in [6.07, 6.45) is 2.15. The maximum Gasteiger partial charge on any atom is 0.270 e. The van der Waals surface area contributed by atoms with Crippen LogP contribution in [0.4, 0.5) is 0 Å². The van der Waals surface area contributed by atoms with Crippen LogP contribution in [0.3, 0.4) is 0 Å². The molecule has 0 radical (unpaired) electrons. The second-order valence-electron chi connectivity index (χ2n) is 6.94. The van der Waals surface area contributed by atoms with E-state index in [1.54, 1.807) is 17.5 Å². The van der Waals surface area contributed by atoms with Gasteiger partial charge in [-0.15, -0.1) is 11.3 Å². The number of benzene rings is 2. The number of rotatable bonds is 7. The van der Waals surface area contributed by atoms with Crippen LogP contribution < -0.4 is 10.1 Å². The lowest BCUT2D eigenvalue weighted by Crippen LogP contribution is -2.31. The molecule has 5 nitrogen and oxygen atoms in total. The van der Waals surface area contributed by atoms with Crippen LogP contribution in [0, 0.1) is 0 Å². The molecule has 8 heteroatoms. The highest BCUT2D eigenvalue weighted by atomic mass is 35.5. The Kier molecular flexibility index (Phi) is 6.89. The first kappa shape index (κ1) is 21.1. The molecule has 1 aliphatic heterocycles. The Hall–Kier alpha value is -2.12. The van der Waals surface area contributed by atoms with Crippen molar-refractivity contribution < 1.29 is 14.3 Å². The van der Waals surface area contributed by atoms with Gasteiger partial charge in [-0.2, -0.15) is 0 Å². The SMILES string of the molecule is O=C(NCC1CCCO1)c1csc(-c2ccc(OCc3ccc(Cl)c(Cl)c3)cc2)n1. The van der Waals surface area contributed by atoms with E-state index in [4.69, 9.17) is 32.7 Å². The number of hydrogen-bond donors (Lipinski definition) is 1. The first-order valence-electron chi connectivity index (χ1n) is 9.61. The molecular formula is C22H20Cl2N2O3S. The van der Waals surface area contributed by atoms with Crippen molar-refractivity contribution in [2.75, 3.05) is 13.2 Å². The largest absolute Gasteiger partial charge is 0.489 e. The van der Waals surface area contributed by atoms with Crippen molar-refractivity contribution in [2.45, 2.75) is 25.6 Å². The Balaban J connectivity index is 1.33. The number of nitrogens with zero attached hydrogens (tertiary/aromatic N) is 1. The first-order valence-corrected chi connectivity index (χ1v) is 11.2. The Morgan fingerprint density at radius 2 is 2.03 bits per heavy atom. The van der Waals surface area contributed by atoms with E-state index in [1.807, 2.05) is 30.3 Å². The summed E-state index contributed by atoms with van der Waals surface area (Å²) in [6.45, 7) is 1.69. The van der Waals surface area contributed by atoms with Gasteiger partial charge in [-0.1, -0.05) is 29.3 Å². The van der Waals surface area contributed by atoms with Crippen molar-refractivity contribution in [3.8, 4) is 16.3 Å². The van der Waals surface area contributed by atoms with Gasteiger partial charge in [0.2, 0.25) is 0 Å². The molecule has 4 rings (SSSR count). The van der Waals surface area contributed by atoms with Crippen LogP contribution in [0.25, 0.3) is 10.6 Å². The molecule has 30 heavy (non-hydrogen) atoms. The van der Waals surface area contributed by atoms with E-state index in [0.29, 0.717) is 28.9 Å². The van der Waals surface area contributed by atoms with E-state index in [0.717, 1.165) is 41.3 Å². The molecule has 1 fully saturated rings. The molecule has 0 bridgehead atoms. The van der Waals surface area contributed by atoms with Crippen LogP contribution in [0.2, 0.25) is 10.0 Å². The molecule has 1 unspecified atom stereocenters. The maximum absolute atomic E-state index is 12.3. The summed E-state index contributed by atoms with van der Waals surface area (Å²) in [7, 11) is 0. The summed E-state index contributed by atoms with van der Waals surface area (Å²) in [5.41, 5.74) is 2.29. The van der Waals surface area contributed by atoms with Crippen molar-refractivity contribution in [1.29, 1.82) is 0 Å². The summed E-state index contributed by atoms with van der Waals surface area (Å²) >= 11 is 13.4. The number of thiazole rings is 1. The third-order valence-electron chi connectivity index (χ3n) is 4.74. The number of carbonyl (C=O) groups excluding carboxylic acids is 1. The van der Waals surface area contributed by atoms with Gasteiger partial charge >= 0.3 is 0 Å². The molecule has 0 saturated carbocycles. The van der Waals surface area contributed by atoms with Gasteiger partial charge in [-0.25, -0.2) is 4.98 Å². The van der Waals surface area contributed by atoms with Gasteiger partial charge in [0, 0.05) is 24.1 Å². The molecule has 3 aromatic rings. The van der Waals surface area contributed by atoms with Crippen molar-refractivity contribution in [3.63, 3.8) is 0 Å². The van der Waals surface area contributed by atoms with Crippen LogP contribution in [-0.4, -0.2) is 30.1 Å². The smallest absolute Gasteiger partial charge is 0.270 e. The molecular weight excluding hydrogens is 443 g/mol. The van der Waals surface area contributed by atoms with Gasteiger partial charge in [0.15, 0.2) is 0 Å². The summed E-state index contributed by atoms with van der Waals surface area (Å²) < 4.78 is 11.3. The van der Waals surface area contributed by atoms with Crippen molar-refractivity contribution in [1.82, 2.24) is 10.3 Å². The van der Waals surface area contributed by atoms with E-state index in [2.05, 4.69) is 10.3 Å². The van der Waals surface area contributed by atoms with E-state index in [9.17, 15) is 4.79 Å². The minimum atomic E-state index is -0.172. The summed E-state index contributed by atoms with van der Waals surface area (Å²) in [6, 6.07) is 13.0. The van der Waals surface area contributed by atoms with Crippen LogP contribution in [-0.2, 0) is 11.3 Å². The lowest BCUT2D eigenvalue weighted by atomic mass is 10.2. The van der Waals surface area contributed by atoms with Crippen LogP contribution in [0.5, 0.6) is 5.75 Å². The van der Waals surface area contributed by atoms with Crippen LogP contribution in [0.1, 0.15) is 28.9 Å². The minimum absolute atomic E-state index is 0.114. The number of hydrogen-bond acceptors (Lipinski definition) is 5. The van der Waals surface area contributed by atoms with Crippen LogP contribution >= 0.6 is 34.5 Å². The predicted molar refractivity (Wildman–Crippen MR) is 120 cm³/mol. The monoisotopic (exact) mass is 462 g/mol. The average Bonchev–Trinajstić information content (AvgIpc) is 3.46. The number of nitrogens with one attached hydrogen (secondary N) is 1. The highest BCUT2D eigenvalue weighted by Crippen LogP contribution is 2.27. The van der Waals surface area contributed by atoms with Gasteiger partial charge in [0.1, 0.15) is 23.1 Å². The molecule has 1 aliphatic rings. The van der Waals surface area contributed by atoms with Gasteiger partial charge in [0.25, 0.3) is 5.91 Å². The number of ether oxygens (including phenoxy) is 2. The standard InChI is InChI=1S/C22H20Cl2N2O3S/c23-18-8-3-14(10-19(18)24)12-29-16-6-4-15(5-7-16)22-26-20(13-30-22)21(27)25-11-17-2-1-9-28-17/h3-8,10,13,17H,1-2,9,11-12H2,(H,25,27). The fourth-order valence-electron chi connectivity index (χ4n) is 3.10. The lowest BCUT2D eigenvalue weighted by molar-refractivity contribution is 0.0854. The predicted octanol–water partition coefficient (Wildman–Crippen LogP) is 5.60. The van der Waals surface area contributed by atoms with E-state index in [1.165, 1.54) is 11.3 Å². The molecule has 1 aromatic heterocycles. The zero-order chi connectivity index (χ0) is 20.9. The summed E-state index contributed by atoms with van der Waals surface area (Å²) in [4.78, 5) is 16.8. The molecule has 0 aliphatic carbocycles. The molecule has 1 atom stereocenters. The van der Waals surface area contributed by atoms with Gasteiger partial charge in [-0.3, -0.25) is 4.79 Å². The second kappa shape index (κ2) is 9.79. The fourth-order valence-corrected chi connectivity index (χ4v) is 4.23. The Labute approximate surface area is 188 Å². The van der Waals surface area contributed by atoms with E-state index in [-0.39, 0.29) is 12.0 Å². The van der Waals surface area contributed by atoms with Crippen molar-refractivity contribution >= 4 is 40.4 Å². The highest BCUT2D eigenvalue weighted by molar-refractivity contribution is 7.13. The average molecular weight is 463 g/mol. The number of amides is 1. The zero-order valence-electron chi connectivity index (χ0n) is 16.1. The second-order valence-corrected chi connectivity index (χ2v) is 8.62. The van der Waals surface area contributed by atoms with E-state index < -0.39 is 0 Å². The molecule has 1 amide bonds. The quantitative estimate of drug-likeness (QED) is 0.495. The van der Waals surface area contributed by atoms with E-state index >= 15 is 0 Å². The van der Waals surface area contributed by atoms with Crippen molar-refractivity contribution in [2.24, 2.45) is 0 Å². The number of carbonyl (C=O) groups is 1. The van der Waals surface area contributed by atoms with Crippen molar-refractivity contribution in [3.05, 3.63) is 69.1 Å². The molecule has 1 N–H and O–H groups in total. The molecule has 1 saturated heterocycles. The minimum Gasteiger partial charge on any atom is -0.489 e. The third-order valence-corrected chi connectivity index (χ3v) is 6.37. The zero-order valence-corrected chi connectivity index (χ0v) is 18.4.